The Morgan fingerprint density at radius 3 is 2.63 bits per heavy atom. The molecule has 1 amide bonds. The molecule has 2 aliphatic rings. The number of aliphatic carboxylic acids is 1. The van der Waals surface area contributed by atoms with Crippen LogP contribution < -0.4 is 0 Å². The van der Waals surface area contributed by atoms with Crippen LogP contribution in [0.15, 0.2) is 18.5 Å². The molecule has 2 heterocycles. The van der Waals surface area contributed by atoms with Crippen LogP contribution in [0.5, 0.6) is 0 Å². The number of carboxylic acids is 1. The highest BCUT2D eigenvalue weighted by Gasteiger charge is 2.60. The number of amides is 1. The summed E-state index contributed by atoms with van der Waals surface area (Å²) in [5, 5.41) is 13.0. The fourth-order valence-electron chi connectivity index (χ4n) is 3.08. The molecule has 0 radical (unpaired) electrons. The number of rotatable bonds is 5. The molecule has 1 N–H and O–H groups in total. The van der Waals surface area contributed by atoms with Crippen molar-refractivity contribution in [2.24, 2.45) is 17.8 Å². The molecular weight excluding hydrogens is 246 g/mol. The molecule has 1 aromatic rings. The molecule has 1 saturated heterocycles. The monoisotopic (exact) mass is 263 g/mol. The van der Waals surface area contributed by atoms with Gasteiger partial charge in [-0.05, 0) is 24.3 Å². The highest BCUT2D eigenvalue weighted by Crippen LogP contribution is 2.51. The fraction of sp³-hybridized carbons (Fsp3) is 0.615. The zero-order valence-corrected chi connectivity index (χ0v) is 10.6. The minimum atomic E-state index is -0.708. The van der Waals surface area contributed by atoms with Crippen LogP contribution in [0.4, 0.5) is 0 Å². The SMILES string of the molecule is O=C(O)C1[C@H]2CN(C(=O)CCCn3cccn3)C[C@@H]12. The Hall–Kier alpha value is -1.85. The van der Waals surface area contributed by atoms with Gasteiger partial charge < -0.3 is 10.0 Å². The van der Waals surface area contributed by atoms with E-state index in [2.05, 4.69) is 5.10 Å². The lowest BCUT2D eigenvalue weighted by Crippen LogP contribution is -2.32. The van der Waals surface area contributed by atoms with E-state index in [1.54, 1.807) is 6.20 Å². The topological polar surface area (TPSA) is 75.4 Å². The Bertz CT molecular complexity index is 473. The number of hydrogen-bond donors (Lipinski definition) is 1. The molecule has 1 unspecified atom stereocenters. The maximum atomic E-state index is 12.0. The predicted octanol–water partition coefficient (Wildman–Crippen LogP) is 0.452. The first-order chi connectivity index (χ1) is 9.16. The highest BCUT2D eigenvalue weighted by molar-refractivity contribution is 5.79. The minimum absolute atomic E-state index is 0.142. The Balaban J connectivity index is 1.40. The normalized spacial score (nSPS) is 28.2. The Morgan fingerprint density at radius 1 is 1.32 bits per heavy atom. The molecule has 19 heavy (non-hydrogen) atoms. The summed E-state index contributed by atoms with van der Waals surface area (Å²) in [5.74, 6) is -0.363. The first-order valence-electron chi connectivity index (χ1n) is 6.65. The van der Waals surface area contributed by atoms with Crippen LogP contribution in [0.2, 0.25) is 0 Å². The van der Waals surface area contributed by atoms with Crippen LogP contribution in [0.3, 0.4) is 0 Å². The summed E-state index contributed by atoms with van der Waals surface area (Å²) in [6, 6.07) is 1.86. The molecule has 3 rings (SSSR count). The molecule has 6 nitrogen and oxygen atoms in total. The second kappa shape index (κ2) is 4.68. The van der Waals surface area contributed by atoms with E-state index in [0.29, 0.717) is 19.5 Å². The number of aromatic nitrogens is 2. The molecule has 2 fully saturated rings. The average molecular weight is 263 g/mol. The molecule has 3 atom stereocenters. The summed E-state index contributed by atoms with van der Waals surface area (Å²) in [4.78, 5) is 24.6. The zero-order chi connectivity index (χ0) is 13.4. The lowest BCUT2D eigenvalue weighted by atomic mass is 10.2. The van der Waals surface area contributed by atoms with Gasteiger partial charge in [0.2, 0.25) is 5.91 Å². The number of carbonyl (C=O) groups is 2. The van der Waals surface area contributed by atoms with Crippen LogP contribution in [0, 0.1) is 17.8 Å². The van der Waals surface area contributed by atoms with Gasteiger partial charge in [-0.3, -0.25) is 14.3 Å². The lowest BCUT2D eigenvalue weighted by Gasteiger charge is -2.19. The van der Waals surface area contributed by atoms with E-state index >= 15 is 0 Å². The minimum Gasteiger partial charge on any atom is -0.481 e. The molecule has 0 aromatic carbocycles. The smallest absolute Gasteiger partial charge is 0.307 e. The number of likely N-dealkylation sites (tertiary alicyclic amines) is 1. The molecule has 1 aliphatic carbocycles. The predicted molar refractivity (Wildman–Crippen MR) is 66.1 cm³/mol. The van der Waals surface area contributed by atoms with Crippen molar-refractivity contribution in [3.8, 4) is 0 Å². The van der Waals surface area contributed by atoms with Crippen molar-refractivity contribution in [3.63, 3.8) is 0 Å². The standard InChI is InChI=1S/C13H17N3O3/c17-11(3-1-5-16-6-2-4-14-16)15-7-9-10(8-15)12(9)13(18)19/h2,4,6,9-10,12H,1,3,5,7-8H2,(H,18,19)/t9-,10+,12?. The number of fused-ring (bicyclic) bond motifs is 1. The molecule has 1 saturated carbocycles. The van der Waals surface area contributed by atoms with Gasteiger partial charge in [-0.15, -0.1) is 0 Å². The Morgan fingerprint density at radius 2 is 2.05 bits per heavy atom. The van der Waals surface area contributed by atoms with Gasteiger partial charge in [0.15, 0.2) is 0 Å². The van der Waals surface area contributed by atoms with E-state index in [0.717, 1.165) is 13.0 Å². The van der Waals surface area contributed by atoms with Crippen LogP contribution >= 0.6 is 0 Å². The van der Waals surface area contributed by atoms with Crippen LogP contribution in [0.1, 0.15) is 12.8 Å². The lowest BCUT2D eigenvalue weighted by molar-refractivity contribution is -0.141. The van der Waals surface area contributed by atoms with Gasteiger partial charge in [0, 0.05) is 38.4 Å². The van der Waals surface area contributed by atoms with Crippen molar-refractivity contribution in [2.75, 3.05) is 13.1 Å². The van der Waals surface area contributed by atoms with E-state index in [4.69, 9.17) is 5.11 Å². The van der Waals surface area contributed by atoms with Gasteiger partial charge in [0.1, 0.15) is 0 Å². The van der Waals surface area contributed by atoms with Crippen LogP contribution in [0.25, 0.3) is 0 Å². The van der Waals surface area contributed by atoms with Crippen molar-refractivity contribution in [2.45, 2.75) is 19.4 Å². The van der Waals surface area contributed by atoms with Crippen LogP contribution in [-0.2, 0) is 16.1 Å². The molecule has 0 bridgehead atoms. The molecular formula is C13H17N3O3. The van der Waals surface area contributed by atoms with Crippen molar-refractivity contribution in [1.29, 1.82) is 0 Å². The largest absolute Gasteiger partial charge is 0.481 e. The quantitative estimate of drug-likeness (QED) is 0.837. The molecule has 1 aliphatic heterocycles. The van der Waals surface area contributed by atoms with Gasteiger partial charge in [-0.25, -0.2) is 0 Å². The van der Waals surface area contributed by atoms with E-state index in [-0.39, 0.29) is 23.7 Å². The third kappa shape index (κ3) is 2.34. The first kappa shape index (κ1) is 12.2. The van der Waals surface area contributed by atoms with Crippen molar-refractivity contribution < 1.29 is 14.7 Å². The summed E-state index contributed by atoms with van der Waals surface area (Å²) < 4.78 is 1.81. The fourth-order valence-corrected chi connectivity index (χ4v) is 3.08. The van der Waals surface area contributed by atoms with Gasteiger partial charge in [-0.2, -0.15) is 5.10 Å². The van der Waals surface area contributed by atoms with Crippen molar-refractivity contribution >= 4 is 11.9 Å². The van der Waals surface area contributed by atoms with E-state index in [1.807, 2.05) is 21.8 Å². The Kier molecular flexibility index (Phi) is 3.00. The molecule has 6 heteroatoms. The third-order valence-electron chi connectivity index (χ3n) is 4.17. The number of hydrogen-bond acceptors (Lipinski definition) is 3. The van der Waals surface area contributed by atoms with Gasteiger partial charge in [0.05, 0.1) is 5.92 Å². The summed E-state index contributed by atoms with van der Waals surface area (Å²) in [6.45, 7) is 2.00. The summed E-state index contributed by atoms with van der Waals surface area (Å²) in [6.07, 6.45) is 4.89. The van der Waals surface area contributed by atoms with E-state index in [1.165, 1.54) is 0 Å². The Labute approximate surface area is 111 Å². The number of carboxylic acid groups (broad SMARTS) is 1. The van der Waals surface area contributed by atoms with Gasteiger partial charge >= 0.3 is 5.97 Å². The van der Waals surface area contributed by atoms with E-state index < -0.39 is 5.97 Å². The van der Waals surface area contributed by atoms with E-state index in [9.17, 15) is 9.59 Å². The summed E-state index contributed by atoms with van der Waals surface area (Å²) in [7, 11) is 0. The molecule has 102 valence electrons. The summed E-state index contributed by atoms with van der Waals surface area (Å²) in [5.41, 5.74) is 0. The van der Waals surface area contributed by atoms with Crippen LogP contribution in [-0.4, -0.2) is 44.8 Å². The average Bonchev–Trinajstić information content (AvgIpc) is 2.80. The molecule has 1 aromatic heterocycles. The zero-order valence-electron chi connectivity index (χ0n) is 10.6. The maximum Gasteiger partial charge on any atom is 0.307 e. The number of piperidine rings is 1. The van der Waals surface area contributed by atoms with Gasteiger partial charge in [0.25, 0.3) is 0 Å². The number of aryl methyl sites for hydroxylation is 1. The summed E-state index contributed by atoms with van der Waals surface area (Å²) >= 11 is 0. The number of nitrogens with zero attached hydrogens (tertiary/aromatic N) is 3. The third-order valence-corrected chi connectivity index (χ3v) is 4.17. The number of carbonyl (C=O) groups excluding carboxylic acids is 1. The second-order valence-corrected chi connectivity index (χ2v) is 5.36. The molecule has 0 spiro atoms. The highest BCUT2D eigenvalue weighted by atomic mass is 16.4. The maximum absolute atomic E-state index is 12.0. The van der Waals surface area contributed by atoms with Gasteiger partial charge in [-0.1, -0.05) is 0 Å². The second-order valence-electron chi connectivity index (χ2n) is 5.36. The van der Waals surface area contributed by atoms with Crippen molar-refractivity contribution in [1.82, 2.24) is 14.7 Å². The van der Waals surface area contributed by atoms with Crippen molar-refractivity contribution in [3.05, 3.63) is 18.5 Å². The first-order valence-corrected chi connectivity index (χ1v) is 6.65.